The van der Waals surface area contributed by atoms with Crippen molar-refractivity contribution in [3.05, 3.63) is 64.9 Å². The SMILES string of the molecule is O=C(Nc1ccc(F)cc1)Nc1nc(C(=O)N2CCN(Cc3ccc4c(c3)OCO4)CC2)cs1. The van der Waals surface area contributed by atoms with Gasteiger partial charge in [0.05, 0.1) is 0 Å². The molecule has 3 aromatic rings. The van der Waals surface area contributed by atoms with Crippen LogP contribution in [0.25, 0.3) is 0 Å². The van der Waals surface area contributed by atoms with E-state index >= 15 is 0 Å². The van der Waals surface area contributed by atoms with Gasteiger partial charge in [0.15, 0.2) is 16.6 Å². The molecule has 2 N–H and O–H groups in total. The molecule has 0 spiro atoms. The minimum absolute atomic E-state index is 0.161. The molecular weight excluding hydrogens is 461 g/mol. The minimum atomic E-state index is -0.517. The van der Waals surface area contributed by atoms with E-state index < -0.39 is 6.03 Å². The number of halogens is 1. The fraction of sp³-hybridized carbons (Fsp3) is 0.261. The smallest absolute Gasteiger partial charge is 0.325 e. The van der Waals surface area contributed by atoms with Gasteiger partial charge in [0.25, 0.3) is 5.91 Å². The van der Waals surface area contributed by atoms with Crippen molar-refractivity contribution in [2.24, 2.45) is 0 Å². The lowest BCUT2D eigenvalue weighted by atomic mass is 10.1. The predicted molar refractivity (Wildman–Crippen MR) is 125 cm³/mol. The number of thiazole rings is 1. The van der Waals surface area contributed by atoms with Crippen LogP contribution in [0.2, 0.25) is 0 Å². The Labute approximate surface area is 199 Å². The summed E-state index contributed by atoms with van der Waals surface area (Å²) in [5, 5.41) is 7.14. The van der Waals surface area contributed by atoms with E-state index in [1.807, 2.05) is 18.2 Å². The number of nitrogens with one attached hydrogen (secondary N) is 2. The first-order valence-electron chi connectivity index (χ1n) is 10.7. The zero-order chi connectivity index (χ0) is 23.5. The molecule has 3 heterocycles. The molecule has 0 aliphatic carbocycles. The summed E-state index contributed by atoms with van der Waals surface area (Å²) in [4.78, 5) is 33.3. The third-order valence-electron chi connectivity index (χ3n) is 5.55. The van der Waals surface area contributed by atoms with Gasteiger partial charge in [-0.1, -0.05) is 6.07 Å². The van der Waals surface area contributed by atoms with Crippen LogP contribution in [0.4, 0.5) is 20.0 Å². The molecule has 0 radical (unpaired) electrons. The van der Waals surface area contributed by atoms with Crippen LogP contribution in [0, 0.1) is 5.82 Å². The summed E-state index contributed by atoms with van der Waals surface area (Å²) in [6, 6.07) is 10.9. The molecule has 1 aromatic heterocycles. The summed E-state index contributed by atoms with van der Waals surface area (Å²) in [6.07, 6.45) is 0. The van der Waals surface area contributed by atoms with E-state index in [1.54, 1.807) is 10.3 Å². The van der Waals surface area contributed by atoms with Crippen molar-refractivity contribution in [1.29, 1.82) is 0 Å². The molecule has 0 unspecified atom stereocenters. The number of urea groups is 1. The lowest BCUT2D eigenvalue weighted by Crippen LogP contribution is -2.48. The van der Waals surface area contributed by atoms with Crippen molar-refractivity contribution in [3.8, 4) is 11.5 Å². The highest BCUT2D eigenvalue weighted by atomic mass is 32.1. The second-order valence-corrected chi connectivity index (χ2v) is 8.74. The second kappa shape index (κ2) is 9.65. The monoisotopic (exact) mass is 483 g/mol. The number of carbonyl (C=O) groups excluding carboxylic acids is 2. The van der Waals surface area contributed by atoms with E-state index in [2.05, 4.69) is 20.5 Å². The van der Waals surface area contributed by atoms with Gasteiger partial charge in [-0.15, -0.1) is 11.3 Å². The average molecular weight is 484 g/mol. The van der Waals surface area contributed by atoms with Crippen LogP contribution >= 0.6 is 11.3 Å². The normalized spacial score (nSPS) is 15.3. The Morgan fingerprint density at radius 2 is 1.76 bits per heavy atom. The molecule has 0 saturated carbocycles. The van der Waals surface area contributed by atoms with Gasteiger partial charge in [-0.25, -0.2) is 14.2 Å². The first-order chi connectivity index (χ1) is 16.5. The Kier molecular flexibility index (Phi) is 6.28. The topological polar surface area (TPSA) is 96.0 Å². The molecule has 3 amide bonds. The molecule has 11 heteroatoms. The van der Waals surface area contributed by atoms with Gasteiger partial charge in [0, 0.05) is 43.8 Å². The van der Waals surface area contributed by atoms with Crippen molar-refractivity contribution in [1.82, 2.24) is 14.8 Å². The first kappa shape index (κ1) is 22.1. The van der Waals surface area contributed by atoms with Crippen molar-refractivity contribution < 1.29 is 23.5 Å². The minimum Gasteiger partial charge on any atom is -0.454 e. The van der Waals surface area contributed by atoms with E-state index in [0.717, 1.165) is 36.7 Å². The molecule has 2 aromatic carbocycles. The van der Waals surface area contributed by atoms with Crippen molar-refractivity contribution >= 4 is 34.1 Å². The van der Waals surface area contributed by atoms with E-state index in [1.165, 1.54) is 35.6 Å². The molecular formula is C23H22FN5O4S. The predicted octanol–water partition coefficient (Wildman–Crippen LogP) is 3.61. The lowest BCUT2D eigenvalue weighted by molar-refractivity contribution is 0.0623. The summed E-state index contributed by atoms with van der Waals surface area (Å²) < 4.78 is 23.8. The Morgan fingerprint density at radius 3 is 2.56 bits per heavy atom. The zero-order valence-corrected chi connectivity index (χ0v) is 18.9. The molecule has 5 rings (SSSR count). The molecule has 34 heavy (non-hydrogen) atoms. The van der Waals surface area contributed by atoms with Gasteiger partial charge in [0.1, 0.15) is 11.5 Å². The fourth-order valence-corrected chi connectivity index (χ4v) is 4.47. The van der Waals surface area contributed by atoms with Gasteiger partial charge in [-0.3, -0.25) is 15.0 Å². The molecule has 1 saturated heterocycles. The van der Waals surface area contributed by atoms with E-state index in [9.17, 15) is 14.0 Å². The van der Waals surface area contributed by atoms with Crippen LogP contribution in [0.3, 0.4) is 0 Å². The number of benzene rings is 2. The molecule has 176 valence electrons. The van der Waals surface area contributed by atoms with Crippen LogP contribution in [-0.4, -0.2) is 59.7 Å². The Hall–Kier alpha value is -3.70. The Balaban J connectivity index is 1.11. The largest absolute Gasteiger partial charge is 0.454 e. The number of aromatic nitrogens is 1. The molecule has 2 aliphatic rings. The van der Waals surface area contributed by atoms with Crippen LogP contribution in [0.5, 0.6) is 11.5 Å². The van der Waals surface area contributed by atoms with Gasteiger partial charge in [-0.05, 0) is 42.0 Å². The molecule has 1 fully saturated rings. The van der Waals surface area contributed by atoms with Gasteiger partial charge >= 0.3 is 6.03 Å². The summed E-state index contributed by atoms with van der Waals surface area (Å²) in [5.74, 6) is 0.989. The maximum Gasteiger partial charge on any atom is 0.325 e. The van der Waals surface area contributed by atoms with Crippen molar-refractivity contribution in [2.45, 2.75) is 6.54 Å². The first-order valence-corrected chi connectivity index (χ1v) is 11.6. The number of amides is 3. The lowest BCUT2D eigenvalue weighted by Gasteiger charge is -2.34. The fourth-order valence-electron chi connectivity index (χ4n) is 3.79. The highest BCUT2D eigenvalue weighted by molar-refractivity contribution is 7.14. The summed E-state index contributed by atoms with van der Waals surface area (Å²) in [5.41, 5.74) is 1.88. The molecule has 2 aliphatic heterocycles. The average Bonchev–Trinajstić information content (AvgIpc) is 3.50. The standard InChI is InChI=1S/C23H22FN5O4S/c24-16-2-4-17(5-3-16)25-22(31)27-23-26-18(13-34-23)21(30)29-9-7-28(8-10-29)12-15-1-6-19-20(11-15)33-14-32-19/h1-6,11,13H,7-10,12,14H2,(H2,25,26,27,31). The van der Waals surface area contributed by atoms with Crippen LogP contribution in [0.1, 0.15) is 16.1 Å². The van der Waals surface area contributed by atoms with Crippen LogP contribution in [0.15, 0.2) is 47.8 Å². The highest BCUT2D eigenvalue weighted by Gasteiger charge is 2.24. The van der Waals surface area contributed by atoms with Crippen molar-refractivity contribution in [3.63, 3.8) is 0 Å². The zero-order valence-electron chi connectivity index (χ0n) is 18.1. The quantitative estimate of drug-likeness (QED) is 0.576. The van der Waals surface area contributed by atoms with Gasteiger partial charge < -0.3 is 19.7 Å². The molecule has 0 bridgehead atoms. The van der Waals surface area contributed by atoms with Crippen molar-refractivity contribution in [2.75, 3.05) is 43.6 Å². The van der Waals surface area contributed by atoms with E-state index in [0.29, 0.717) is 29.6 Å². The number of hydrogen-bond acceptors (Lipinski definition) is 7. The second-order valence-electron chi connectivity index (χ2n) is 7.88. The number of anilines is 2. The summed E-state index contributed by atoms with van der Waals surface area (Å²) >= 11 is 1.17. The number of ether oxygens (including phenoxy) is 2. The maximum atomic E-state index is 13.0. The van der Waals surface area contributed by atoms with E-state index in [-0.39, 0.29) is 18.5 Å². The Bertz CT molecular complexity index is 1190. The van der Waals surface area contributed by atoms with E-state index in [4.69, 9.17) is 9.47 Å². The van der Waals surface area contributed by atoms with Gasteiger partial charge in [-0.2, -0.15) is 0 Å². The molecule has 9 nitrogen and oxygen atoms in total. The molecule has 0 atom stereocenters. The number of carbonyl (C=O) groups is 2. The van der Waals surface area contributed by atoms with Crippen LogP contribution < -0.4 is 20.1 Å². The summed E-state index contributed by atoms with van der Waals surface area (Å²) in [6.45, 7) is 3.70. The van der Waals surface area contributed by atoms with Gasteiger partial charge in [0.2, 0.25) is 6.79 Å². The highest BCUT2D eigenvalue weighted by Crippen LogP contribution is 2.33. The summed E-state index contributed by atoms with van der Waals surface area (Å²) in [7, 11) is 0. The number of fused-ring (bicyclic) bond motifs is 1. The Morgan fingerprint density at radius 1 is 1.00 bits per heavy atom. The number of rotatable bonds is 5. The number of nitrogens with zero attached hydrogens (tertiary/aromatic N) is 3. The number of piperazine rings is 1. The maximum absolute atomic E-state index is 13.0. The third kappa shape index (κ3) is 5.10. The third-order valence-corrected chi connectivity index (χ3v) is 6.31. The number of hydrogen-bond donors (Lipinski definition) is 2. The van der Waals surface area contributed by atoms with Crippen LogP contribution in [-0.2, 0) is 6.54 Å².